The van der Waals surface area contributed by atoms with Crippen LogP contribution in [0, 0.1) is 0 Å². The zero-order valence-electron chi connectivity index (χ0n) is 6.85. The van der Waals surface area contributed by atoms with Crippen LogP contribution in [-0.4, -0.2) is 10.1 Å². The summed E-state index contributed by atoms with van der Waals surface area (Å²) in [4.78, 5) is 3.48. The molecule has 1 N–H and O–H groups in total. The summed E-state index contributed by atoms with van der Waals surface area (Å²) in [5.74, 6) is -1.41. The van der Waals surface area contributed by atoms with Gasteiger partial charge < -0.3 is 9.52 Å². The van der Waals surface area contributed by atoms with Crippen molar-refractivity contribution in [2.45, 2.75) is 26.1 Å². The number of alkyl halides is 3. The molecule has 0 fully saturated rings. The lowest BCUT2D eigenvalue weighted by Crippen LogP contribution is -2.06. The highest BCUT2D eigenvalue weighted by atomic mass is 19.4. The standard InChI is InChI=1S/C7H8F3NO2/c1-2-4-6(7(8,9)10)13-5(3-12)11-4/h12H,2-3H2,1H3. The molecule has 13 heavy (non-hydrogen) atoms. The van der Waals surface area contributed by atoms with Gasteiger partial charge in [0.1, 0.15) is 6.61 Å². The second-order valence-electron chi connectivity index (χ2n) is 2.39. The molecule has 1 aromatic rings. The Morgan fingerprint density at radius 3 is 2.38 bits per heavy atom. The predicted molar refractivity (Wildman–Crippen MR) is 36.8 cm³/mol. The van der Waals surface area contributed by atoms with Gasteiger partial charge in [0.05, 0.1) is 5.69 Å². The number of hydrogen-bond acceptors (Lipinski definition) is 3. The maximum atomic E-state index is 12.2. The number of hydrogen-bond donors (Lipinski definition) is 1. The van der Waals surface area contributed by atoms with Gasteiger partial charge in [-0.05, 0) is 6.42 Å². The molecule has 0 aromatic carbocycles. The van der Waals surface area contributed by atoms with E-state index in [-0.39, 0.29) is 18.0 Å². The van der Waals surface area contributed by atoms with E-state index in [0.717, 1.165) is 0 Å². The first-order chi connectivity index (χ1) is 5.99. The molecule has 0 aliphatic carbocycles. The molecular formula is C7H8F3NO2. The summed E-state index contributed by atoms with van der Waals surface area (Å²) in [5, 5.41) is 8.51. The molecule has 0 spiro atoms. The fraction of sp³-hybridized carbons (Fsp3) is 0.571. The number of aromatic nitrogens is 1. The molecule has 3 nitrogen and oxygen atoms in total. The molecule has 0 saturated heterocycles. The second-order valence-corrected chi connectivity index (χ2v) is 2.39. The van der Waals surface area contributed by atoms with Crippen molar-refractivity contribution >= 4 is 0 Å². The largest absolute Gasteiger partial charge is 0.451 e. The average molecular weight is 195 g/mol. The Kier molecular flexibility index (Phi) is 2.60. The van der Waals surface area contributed by atoms with Gasteiger partial charge in [0.15, 0.2) is 0 Å². The van der Waals surface area contributed by atoms with E-state index < -0.39 is 18.5 Å². The molecule has 0 atom stereocenters. The molecule has 0 saturated carbocycles. The zero-order chi connectivity index (χ0) is 10.1. The molecule has 6 heteroatoms. The molecule has 1 heterocycles. The van der Waals surface area contributed by atoms with E-state index in [2.05, 4.69) is 9.40 Å². The molecule has 0 bridgehead atoms. The van der Waals surface area contributed by atoms with E-state index in [1.807, 2.05) is 0 Å². The highest BCUT2D eigenvalue weighted by Gasteiger charge is 2.38. The van der Waals surface area contributed by atoms with Crippen molar-refractivity contribution < 1.29 is 22.7 Å². The molecule has 0 aliphatic heterocycles. The third-order valence-electron chi connectivity index (χ3n) is 1.47. The minimum atomic E-state index is -4.54. The molecule has 1 rings (SSSR count). The first-order valence-electron chi connectivity index (χ1n) is 3.65. The lowest BCUT2D eigenvalue weighted by Gasteiger charge is -2.02. The maximum Gasteiger partial charge on any atom is 0.451 e. The van der Waals surface area contributed by atoms with E-state index >= 15 is 0 Å². The smallest absolute Gasteiger partial charge is 0.433 e. The SMILES string of the molecule is CCc1nc(CO)oc1C(F)(F)F. The summed E-state index contributed by atoms with van der Waals surface area (Å²) >= 11 is 0. The van der Waals surface area contributed by atoms with Crippen LogP contribution in [-0.2, 0) is 19.2 Å². The van der Waals surface area contributed by atoms with Crippen LogP contribution in [0.2, 0.25) is 0 Å². The number of nitrogens with zero attached hydrogens (tertiary/aromatic N) is 1. The molecular weight excluding hydrogens is 187 g/mol. The Hall–Kier alpha value is -1.04. The van der Waals surface area contributed by atoms with Crippen LogP contribution in [0.3, 0.4) is 0 Å². The Morgan fingerprint density at radius 1 is 1.46 bits per heavy atom. The van der Waals surface area contributed by atoms with Gasteiger partial charge in [-0.3, -0.25) is 0 Å². The van der Waals surface area contributed by atoms with Gasteiger partial charge in [0.25, 0.3) is 0 Å². The first-order valence-corrected chi connectivity index (χ1v) is 3.65. The normalized spacial score (nSPS) is 12.1. The minimum absolute atomic E-state index is 0.123. The Balaban J connectivity index is 3.11. The molecule has 0 radical (unpaired) electrons. The molecule has 0 unspecified atom stereocenters. The Bertz CT molecular complexity index is 292. The highest BCUT2D eigenvalue weighted by Crippen LogP contribution is 2.32. The van der Waals surface area contributed by atoms with Crippen LogP contribution in [0.5, 0.6) is 0 Å². The van der Waals surface area contributed by atoms with Crippen molar-refractivity contribution in [3.05, 3.63) is 17.3 Å². The van der Waals surface area contributed by atoms with Crippen LogP contribution in [0.25, 0.3) is 0 Å². The van der Waals surface area contributed by atoms with E-state index in [1.54, 1.807) is 0 Å². The van der Waals surface area contributed by atoms with E-state index in [9.17, 15) is 13.2 Å². The fourth-order valence-corrected chi connectivity index (χ4v) is 0.930. The van der Waals surface area contributed by atoms with Gasteiger partial charge in [-0.15, -0.1) is 0 Å². The zero-order valence-corrected chi connectivity index (χ0v) is 6.85. The molecule has 0 aliphatic rings. The van der Waals surface area contributed by atoms with Crippen molar-refractivity contribution in [2.75, 3.05) is 0 Å². The van der Waals surface area contributed by atoms with Gasteiger partial charge in [0.2, 0.25) is 11.7 Å². The van der Waals surface area contributed by atoms with Crippen molar-refractivity contribution in [3.8, 4) is 0 Å². The van der Waals surface area contributed by atoms with Crippen molar-refractivity contribution in [3.63, 3.8) is 0 Å². The van der Waals surface area contributed by atoms with Gasteiger partial charge in [-0.2, -0.15) is 13.2 Å². The summed E-state index contributed by atoms with van der Waals surface area (Å²) in [5.41, 5.74) is -0.170. The van der Waals surface area contributed by atoms with Crippen molar-refractivity contribution in [1.82, 2.24) is 4.98 Å². The third-order valence-corrected chi connectivity index (χ3v) is 1.47. The predicted octanol–water partition coefficient (Wildman–Crippen LogP) is 1.75. The van der Waals surface area contributed by atoms with Gasteiger partial charge in [-0.1, -0.05) is 6.92 Å². The van der Waals surface area contributed by atoms with Crippen molar-refractivity contribution in [1.29, 1.82) is 0 Å². The first kappa shape index (κ1) is 10.0. The Labute approximate surface area is 72.2 Å². The quantitative estimate of drug-likeness (QED) is 0.781. The van der Waals surface area contributed by atoms with Crippen LogP contribution in [0.15, 0.2) is 4.42 Å². The van der Waals surface area contributed by atoms with Gasteiger partial charge in [0, 0.05) is 0 Å². The van der Waals surface area contributed by atoms with E-state index in [1.165, 1.54) is 6.92 Å². The third kappa shape index (κ3) is 2.00. The van der Waals surface area contributed by atoms with Crippen molar-refractivity contribution in [2.24, 2.45) is 0 Å². The van der Waals surface area contributed by atoms with Gasteiger partial charge in [-0.25, -0.2) is 4.98 Å². The summed E-state index contributed by atoms with van der Waals surface area (Å²) < 4.78 is 40.8. The summed E-state index contributed by atoms with van der Waals surface area (Å²) in [6, 6.07) is 0. The Morgan fingerprint density at radius 2 is 2.08 bits per heavy atom. The molecule has 0 amide bonds. The molecule has 1 aromatic heterocycles. The number of rotatable bonds is 2. The summed E-state index contributed by atoms with van der Waals surface area (Å²) in [6.07, 6.45) is -4.41. The van der Waals surface area contributed by atoms with Gasteiger partial charge >= 0.3 is 6.18 Å². The van der Waals surface area contributed by atoms with Crippen LogP contribution >= 0.6 is 0 Å². The maximum absolute atomic E-state index is 12.2. The number of aliphatic hydroxyl groups excluding tert-OH is 1. The highest BCUT2D eigenvalue weighted by molar-refractivity contribution is 5.12. The molecule has 74 valence electrons. The number of oxazole rings is 1. The minimum Gasteiger partial charge on any atom is -0.433 e. The lowest BCUT2D eigenvalue weighted by molar-refractivity contribution is -0.154. The summed E-state index contributed by atoms with van der Waals surface area (Å²) in [7, 11) is 0. The van der Waals surface area contributed by atoms with Crippen LogP contribution < -0.4 is 0 Å². The second kappa shape index (κ2) is 3.37. The average Bonchev–Trinajstić information content (AvgIpc) is 2.46. The topological polar surface area (TPSA) is 46.3 Å². The van der Waals surface area contributed by atoms with Crippen LogP contribution in [0.4, 0.5) is 13.2 Å². The monoisotopic (exact) mass is 195 g/mol. The number of aryl methyl sites for hydroxylation is 1. The van der Waals surface area contributed by atoms with E-state index in [4.69, 9.17) is 5.11 Å². The summed E-state index contributed by atoms with van der Waals surface area (Å²) in [6.45, 7) is 0.914. The lowest BCUT2D eigenvalue weighted by atomic mass is 10.3. The number of halogens is 3. The van der Waals surface area contributed by atoms with Crippen LogP contribution in [0.1, 0.15) is 24.3 Å². The fourth-order valence-electron chi connectivity index (χ4n) is 0.930. The van der Waals surface area contributed by atoms with E-state index in [0.29, 0.717) is 0 Å². The number of aliphatic hydroxyl groups is 1.